The van der Waals surface area contributed by atoms with Crippen LogP contribution in [0.25, 0.3) is 0 Å². The van der Waals surface area contributed by atoms with Gasteiger partial charge in [0.25, 0.3) is 0 Å². The summed E-state index contributed by atoms with van der Waals surface area (Å²) in [4.78, 5) is 26.3. The van der Waals surface area contributed by atoms with Gasteiger partial charge in [0.15, 0.2) is 17.4 Å². The molecule has 2 atom stereocenters. The molecule has 0 radical (unpaired) electrons. The van der Waals surface area contributed by atoms with Gasteiger partial charge in [0, 0.05) is 35.9 Å². The topological polar surface area (TPSA) is 64.6 Å². The third-order valence-corrected chi connectivity index (χ3v) is 6.16. The van der Waals surface area contributed by atoms with E-state index in [0.29, 0.717) is 36.3 Å². The average molecular weight is 431 g/mol. The predicted molar refractivity (Wildman–Crippen MR) is 110 cm³/mol. The number of ether oxygens (including phenoxy) is 2. The van der Waals surface area contributed by atoms with Crippen molar-refractivity contribution in [1.29, 1.82) is 0 Å². The zero-order chi connectivity index (χ0) is 22.3. The molecule has 1 aliphatic carbocycles. The van der Waals surface area contributed by atoms with E-state index in [1.54, 1.807) is 6.92 Å². The molecule has 0 unspecified atom stereocenters. The van der Waals surface area contributed by atoms with Crippen molar-refractivity contribution in [1.82, 2.24) is 5.32 Å². The van der Waals surface area contributed by atoms with Crippen molar-refractivity contribution >= 4 is 11.8 Å². The number of halogens is 2. The van der Waals surface area contributed by atoms with Crippen LogP contribution in [0.3, 0.4) is 0 Å². The Kier molecular flexibility index (Phi) is 5.73. The highest BCUT2D eigenvalue weighted by Gasteiger charge is 2.43. The van der Waals surface area contributed by atoms with Crippen molar-refractivity contribution in [3.05, 3.63) is 57.9 Å². The molecular formula is C24H27F2NO4. The molecule has 0 aromatic heterocycles. The van der Waals surface area contributed by atoms with Crippen LogP contribution >= 0.6 is 0 Å². The van der Waals surface area contributed by atoms with E-state index >= 15 is 0 Å². The summed E-state index contributed by atoms with van der Waals surface area (Å²) in [6.45, 7) is 6.52. The number of carbonyl (C=O) groups excluding carboxylic acids is 2. The average Bonchev–Trinajstić information content (AvgIpc) is 3.20. The molecule has 1 saturated heterocycles. The zero-order valence-corrected chi connectivity index (χ0v) is 18.0. The van der Waals surface area contributed by atoms with Gasteiger partial charge >= 0.3 is 5.97 Å². The Hall–Kier alpha value is -2.54. The maximum atomic E-state index is 14.1. The normalized spacial score (nSPS) is 25.4. The summed E-state index contributed by atoms with van der Waals surface area (Å²) in [5.74, 6) is -3.51. The third-order valence-electron chi connectivity index (χ3n) is 6.16. The summed E-state index contributed by atoms with van der Waals surface area (Å²) in [5.41, 5.74) is 2.07. The van der Waals surface area contributed by atoms with E-state index < -0.39 is 23.5 Å². The second kappa shape index (κ2) is 8.19. The minimum atomic E-state index is -1.02. The molecule has 31 heavy (non-hydrogen) atoms. The molecule has 4 rings (SSSR count). The second-order valence-corrected chi connectivity index (χ2v) is 9.34. The minimum Gasteiger partial charge on any atom is -0.459 e. The van der Waals surface area contributed by atoms with E-state index in [9.17, 15) is 18.4 Å². The van der Waals surface area contributed by atoms with Crippen molar-refractivity contribution < 1.29 is 27.8 Å². The van der Waals surface area contributed by atoms with E-state index in [1.165, 1.54) is 6.07 Å². The number of hydrogen-bond acceptors (Lipinski definition) is 5. The number of rotatable bonds is 4. The van der Waals surface area contributed by atoms with Gasteiger partial charge in [0.1, 0.15) is 6.61 Å². The van der Waals surface area contributed by atoms with Gasteiger partial charge < -0.3 is 14.8 Å². The fourth-order valence-electron chi connectivity index (χ4n) is 4.75. The lowest BCUT2D eigenvalue weighted by molar-refractivity contribution is -0.142. The van der Waals surface area contributed by atoms with Gasteiger partial charge in [0.2, 0.25) is 0 Å². The van der Waals surface area contributed by atoms with Crippen molar-refractivity contribution in [2.24, 2.45) is 5.41 Å². The number of dihydropyridines is 1. The number of ketones is 1. The van der Waals surface area contributed by atoms with Gasteiger partial charge in [-0.25, -0.2) is 13.6 Å². The lowest BCUT2D eigenvalue weighted by Gasteiger charge is -2.39. The van der Waals surface area contributed by atoms with Crippen LogP contribution in [0.4, 0.5) is 8.78 Å². The minimum absolute atomic E-state index is 0.106. The van der Waals surface area contributed by atoms with Crippen molar-refractivity contribution in [3.63, 3.8) is 0 Å². The maximum absolute atomic E-state index is 14.1. The van der Waals surface area contributed by atoms with Crippen LogP contribution in [0.2, 0.25) is 0 Å². The Balaban J connectivity index is 1.74. The largest absolute Gasteiger partial charge is 0.459 e. The zero-order valence-electron chi connectivity index (χ0n) is 18.0. The third kappa shape index (κ3) is 4.28. The van der Waals surface area contributed by atoms with Crippen molar-refractivity contribution in [2.45, 2.75) is 58.5 Å². The number of benzene rings is 1. The van der Waals surface area contributed by atoms with Gasteiger partial charge in [-0.05, 0) is 49.3 Å². The molecule has 0 amide bonds. The Labute approximate surface area is 180 Å². The van der Waals surface area contributed by atoms with Gasteiger partial charge in [-0.15, -0.1) is 0 Å². The first-order valence-corrected chi connectivity index (χ1v) is 10.6. The summed E-state index contributed by atoms with van der Waals surface area (Å²) < 4.78 is 38.8. The molecule has 1 aromatic carbocycles. The summed E-state index contributed by atoms with van der Waals surface area (Å²) in [7, 11) is 0. The molecule has 2 heterocycles. The molecule has 166 valence electrons. The SMILES string of the molecule is CC1=C(C(=O)OC[C@H]2CCCO2)[C@H](c2ccc(F)c(F)c2)C2=C(CC(C)(C)CC2=O)N1. The van der Waals surface area contributed by atoms with Crippen LogP contribution in [-0.2, 0) is 19.1 Å². The van der Waals surface area contributed by atoms with Crippen LogP contribution < -0.4 is 5.32 Å². The molecule has 3 aliphatic rings. The first kappa shape index (κ1) is 21.7. The molecule has 0 saturated carbocycles. The molecule has 5 nitrogen and oxygen atoms in total. The Morgan fingerprint density at radius 2 is 2.03 bits per heavy atom. The second-order valence-electron chi connectivity index (χ2n) is 9.34. The van der Waals surface area contributed by atoms with E-state index in [2.05, 4.69) is 5.32 Å². The fourth-order valence-corrected chi connectivity index (χ4v) is 4.75. The molecule has 2 aliphatic heterocycles. The van der Waals surface area contributed by atoms with E-state index in [-0.39, 0.29) is 29.5 Å². The number of nitrogens with one attached hydrogen (secondary N) is 1. The number of Topliss-reactive ketones (excluding diaryl/α,β-unsaturated/α-hetero) is 1. The van der Waals surface area contributed by atoms with Gasteiger partial charge in [-0.2, -0.15) is 0 Å². The Morgan fingerprint density at radius 3 is 2.71 bits per heavy atom. The maximum Gasteiger partial charge on any atom is 0.336 e. The first-order chi connectivity index (χ1) is 14.7. The van der Waals surface area contributed by atoms with E-state index in [1.807, 2.05) is 13.8 Å². The standard InChI is InChI=1S/C24H27F2NO4/c1-13-20(23(29)31-12-15-5-4-8-30-15)21(14-6-7-16(25)17(26)9-14)22-18(27-13)10-24(2,3)11-19(22)28/h6-7,9,15,21,27H,4-5,8,10-12H2,1-3H3/t15-,21+/m1/s1. The van der Waals surface area contributed by atoms with Crippen LogP contribution in [0, 0.1) is 17.0 Å². The lowest BCUT2D eigenvalue weighted by atomic mass is 9.68. The van der Waals surface area contributed by atoms with Crippen molar-refractivity contribution in [2.75, 3.05) is 13.2 Å². The molecular weight excluding hydrogens is 404 g/mol. The summed E-state index contributed by atoms with van der Waals surface area (Å²) >= 11 is 0. The molecule has 7 heteroatoms. The van der Waals surface area contributed by atoms with Crippen molar-refractivity contribution in [3.8, 4) is 0 Å². The molecule has 0 bridgehead atoms. The number of allylic oxidation sites excluding steroid dienone is 3. The van der Waals surface area contributed by atoms with Crippen LogP contribution in [0.1, 0.15) is 57.9 Å². The Bertz CT molecular complexity index is 989. The highest BCUT2D eigenvalue weighted by molar-refractivity contribution is 6.04. The van der Waals surface area contributed by atoms with Gasteiger partial charge in [-0.1, -0.05) is 19.9 Å². The summed E-state index contributed by atoms with van der Waals surface area (Å²) in [6.07, 6.45) is 2.52. The van der Waals surface area contributed by atoms with E-state index in [0.717, 1.165) is 30.7 Å². The monoisotopic (exact) mass is 431 g/mol. The lowest BCUT2D eigenvalue weighted by Crippen LogP contribution is -2.39. The Morgan fingerprint density at radius 1 is 1.26 bits per heavy atom. The van der Waals surface area contributed by atoms with Crippen LogP contribution in [-0.4, -0.2) is 31.1 Å². The highest BCUT2D eigenvalue weighted by Crippen LogP contribution is 2.47. The molecule has 0 spiro atoms. The summed E-state index contributed by atoms with van der Waals surface area (Å²) in [5, 5.41) is 3.23. The number of hydrogen-bond donors (Lipinski definition) is 1. The summed E-state index contributed by atoms with van der Waals surface area (Å²) in [6, 6.07) is 3.51. The van der Waals surface area contributed by atoms with Gasteiger partial charge in [-0.3, -0.25) is 4.79 Å². The predicted octanol–water partition coefficient (Wildman–Crippen LogP) is 4.29. The molecule has 1 aromatic rings. The molecule has 1 fully saturated rings. The fraction of sp³-hybridized carbons (Fsp3) is 0.500. The molecule has 1 N–H and O–H groups in total. The van der Waals surface area contributed by atoms with E-state index in [4.69, 9.17) is 9.47 Å². The highest BCUT2D eigenvalue weighted by atomic mass is 19.2. The first-order valence-electron chi connectivity index (χ1n) is 10.6. The van der Waals surface area contributed by atoms with Crippen LogP contribution in [0.15, 0.2) is 40.7 Å². The quantitative estimate of drug-likeness (QED) is 0.721. The van der Waals surface area contributed by atoms with Crippen LogP contribution in [0.5, 0.6) is 0 Å². The van der Waals surface area contributed by atoms with Gasteiger partial charge in [0.05, 0.1) is 11.7 Å². The number of esters is 1. The smallest absolute Gasteiger partial charge is 0.336 e. The number of carbonyl (C=O) groups is 2.